The first kappa shape index (κ1) is 15.1. The quantitative estimate of drug-likeness (QED) is 0.857. The lowest BCUT2D eigenvalue weighted by Crippen LogP contribution is -2.30. The number of hydrogen-bond acceptors (Lipinski definition) is 1. The van der Waals surface area contributed by atoms with Crippen molar-refractivity contribution in [3.8, 4) is 0 Å². The summed E-state index contributed by atoms with van der Waals surface area (Å²) < 4.78 is 0. The molecule has 2 aromatic carbocycles. The van der Waals surface area contributed by atoms with E-state index in [9.17, 15) is 4.79 Å². The van der Waals surface area contributed by atoms with Gasteiger partial charge in [0.2, 0.25) is 0 Å². The van der Waals surface area contributed by atoms with E-state index in [1.165, 1.54) is 16.7 Å². The highest BCUT2D eigenvalue weighted by Gasteiger charge is 2.02. The molecule has 3 heteroatoms. The lowest BCUT2D eigenvalue weighted by molar-refractivity contribution is 0.252. The van der Waals surface area contributed by atoms with E-state index in [1.807, 2.05) is 36.4 Å². The van der Waals surface area contributed by atoms with Gasteiger partial charge in [-0.05, 0) is 48.6 Å². The Labute approximate surface area is 126 Å². The first-order valence-corrected chi connectivity index (χ1v) is 7.37. The van der Waals surface area contributed by atoms with Crippen LogP contribution in [0.4, 0.5) is 10.5 Å². The van der Waals surface area contributed by atoms with Gasteiger partial charge < -0.3 is 10.6 Å². The molecule has 0 aliphatic rings. The Morgan fingerprint density at radius 1 is 1.05 bits per heavy atom. The number of aryl methyl sites for hydroxylation is 2. The van der Waals surface area contributed by atoms with Crippen molar-refractivity contribution in [3.63, 3.8) is 0 Å². The van der Waals surface area contributed by atoms with Crippen LogP contribution in [0.15, 0.2) is 48.5 Å². The normalized spacial score (nSPS) is 10.2. The summed E-state index contributed by atoms with van der Waals surface area (Å²) in [5, 5.41) is 5.73. The smallest absolute Gasteiger partial charge is 0.319 e. The second-order valence-electron chi connectivity index (χ2n) is 5.11. The summed E-state index contributed by atoms with van der Waals surface area (Å²) in [6, 6.07) is 16.0. The summed E-state index contributed by atoms with van der Waals surface area (Å²) >= 11 is 0. The van der Waals surface area contributed by atoms with Crippen LogP contribution in [0.3, 0.4) is 0 Å². The maximum Gasteiger partial charge on any atom is 0.319 e. The van der Waals surface area contributed by atoms with Gasteiger partial charge >= 0.3 is 6.03 Å². The summed E-state index contributed by atoms with van der Waals surface area (Å²) in [6.45, 7) is 4.83. The first-order valence-electron chi connectivity index (χ1n) is 7.37. The van der Waals surface area contributed by atoms with Crippen molar-refractivity contribution in [3.05, 3.63) is 65.2 Å². The van der Waals surface area contributed by atoms with E-state index in [-0.39, 0.29) is 6.03 Å². The van der Waals surface area contributed by atoms with Crippen LogP contribution in [0.5, 0.6) is 0 Å². The van der Waals surface area contributed by atoms with Gasteiger partial charge in [0.1, 0.15) is 0 Å². The molecule has 0 unspecified atom stereocenters. The first-order chi connectivity index (χ1) is 10.2. The summed E-state index contributed by atoms with van der Waals surface area (Å²) in [5.41, 5.74) is 4.61. The van der Waals surface area contributed by atoms with Crippen LogP contribution in [0.1, 0.15) is 23.6 Å². The van der Waals surface area contributed by atoms with Gasteiger partial charge in [-0.1, -0.05) is 43.3 Å². The van der Waals surface area contributed by atoms with Crippen molar-refractivity contribution in [2.75, 3.05) is 11.9 Å². The SMILES string of the molecule is CCc1ccc(NC(=O)NCCc2ccccc2C)cc1. The van der Waals surface area contributed by atoms with E-state index in [0.717, 1.165) is 18.5 Å². The Bertz CT molecular complexity index is 590. The summed E-state index contributed by atoms with van der Waals surface area (Å²) in [6.07, 6.45) is 1.85. The number of hydrogen-bond donors (Lipinski definition) is 2. The predicted molar refractivity (Wildman–Crippen MR) is 87.7 cm³/mol. The Morgan fingerprint density at radius 2 is 1.76 bits per heavy atom. The number of carbonyl (C=O) groups excluding carboxylic acids is 1. The van der Waals surface area contributed by atoms with Crippen molar-refractivity contribution in [1.29, 1.82) is 0 Å². The minimum atomic E-state index is -0.159. The molecule has 2 aromatic rings. The summed E-state index contributed by atoms with van der Waals surface area (Å²) in [4.78, 5) is 11.8. The third kappa shape index (κ3) is 4.63. The predicted octanol–water partition coefficient (Wildman–Crippen LogP) is 3.92. The highest BCUT2D eigenvalue weighted by Crippen LogP contribution is 2.10. The molecule has 110 valence electrons. The summed E-state index contributed by atoms with van der Waals surface area (Å²) in [5.74, 6) is 0. The van der Waals surface area contributed by atoms with Gasteiger partial charge in [0, 0.05) is 12.2 Å². The molecule has 0 fully saturated rings. The average Bonchev–Trinajstić information content (AvgIpc) is 2.50. The minimum absolute atomic E-state index is 0.159. The van der Waals surface area contributed by atoms with Crippen LogP contribution in [0.2, 0.25) is 0 Å². The standard InChI is InChI=1S/C18H22N2O/c1-3-15-8-10-17(11-9-15)20-18(21)19-13-12-16-7-5-4-6-14(16)2/h4-11H,3,12-13H2,1-2H3,(H2,19,20,21). The summed E-state index contributed by atoms with van der Waals surface area (Å²) in [7, 11) is 0. The average molecular weight is 282 g/mol. The van der Waals surface area contributed by atoms with Gasteiger partial charge in [0.15, 0.2) is 0 Å². The maximum atomic E-state index is 11.8. The molecule has 0 aliphatic carbocycles. The van der Waals surface area contributed by atoms with E-state index in [4.69, 9.17) is 0 Å². The molecule has 0 bridgehead atoms. The molecule has 2 amide bonds. The number of benzene rings is 2. The molecule has 0 saturated carbocycles. The number of urea groups is 1. The number of rotatable bonds is 5. The number of nitrogens with one attached hydrogen (secondary N) is 2. The number of carbonyl (C=O) groups is 1. The van der Waals surface area contributed by atoms with Crippen molar-refractivity contribution in [2.24, 2.45) is 0 Å². The Morgan fingerprint density at radius 3 is 2.43 bits per heavy atom. The third-order valence-corrected chi connectivity index (χ3v) is 3.56. The monoisotopic (exact) mass is 282 g/mol. The van der Waals surface area contributed by atoms with E-state index in [1.54, 1.807) is 0 Å². The zero-order chi connectivity index (χ0) is 15.1. The fourth-order valence-corrected chi connectivity index (χ4v) is 2.20. The van der Waals surface area contributed by atoms with Gasteiger partial charge in [0.25, 0.3) is 0 Å². The van der Waals surface area contributed by atoms with Gasteiger partial charge in [0.05, 0.1) is 0 Å². The van der Waals surface area contributed by atoms with Crippen molar-refractivity contribution in [1.82, 2.24) is 5.32 Å². The maximum absolute atomic E-state index is 11.8. The van der Waals surface area contributed by atoms with E-state index >= 15 is 0 Å². The molecule has 0 heterocycles. The van der Waals surface area contributed by atoms with Crippen LogP contribution < -0.4 is 10.6 Å². The van der Waals surface area contributed by atoms with E-state index < -0.39 is 0 Å². The van der Waals surface area contributed by atoms with Crippen LogP contribution in [0.25, 0.3) is 0 Å². The minimum Gasteiger partial charge on any atom is -0.338 e. The molecule has 3 nitrogen and oxygen atoms in total. The molecule has 0 aromatic heterocycles. The van der Waals surface area contributed by atoms with Crippen molar-refractivity contribution in [2.45, 2.75) is 26.7 Å². The van der Waals surface area contributed by atoms with E-state index in [2.05, 4.69) is 36.6 Å². The third-order valence-electron chi connectivity index (χ3n) is 3.56. The van der Waals surface area contributed by atoms with Crippen LogP contribution >= 0.6 is 0 Å². The molecule has 0 spiro atoms. The van der Waals surface area contributed by atoms with Crippen molar-refractivity contribution >= 4 is 11.7 Å². The Balaban J connectivity index is 1.78. The fourth-order valence-electron chi connectivity index (χ4n) is 2.20. The van der Waals surface area contributed by atoms with Gasteiger partial charge in [-0.3, -0.25) is 0 Å². The molecule has 2 N–H and O–H groups in total. The fraction of sp³-hybridized carbons (Fsp3) is 0.278. The molecular formula is C18H22N2O. The highest BCUT2D eigenvalue weighted by atomic mass is 16.2. The second kappa shape index (κ2) is 7.48. The Kier molecular flexibility index (Phi) is 5.38. The molecule has 0 aliphatic heterocycles. The van der Waals surface area contributed by atoms with Crippen LogP contribution in [-0.2, 0) is 12.8 Å². The number of anilines is 1. The molecular weight excluding hydrogens is 260 g/mol. The van der Waals surface area contributed by atoms with Crippen molar-refractivity contribution < 1.29 is 4.79 Å². The largest absolute Gasteiger partial charge is 0.338 e. The second-order valence-corrected chi connectivity index (χ2v) is 5.11. The van der Waals surface area contributed by atoms with Gasteiger partial charge in [-0.25, -0.2) is 4.79 Å². The molecule has 0 atom stereocenters. The van der Waals surface area contributed by atoms with E-state index in [0.29, 0.717) is 6.54 Å². The zero-order valence-electron chi connectivity index (χ0n) is 12.6. The number of amides is 2. The topological polar surface area (TPSA) is 41.1 Å². The lowest BCUT2D eigenvalue weighted by Gasteiger charge is -2.09. The van der Waals surface area contributed by atoms with Gasteiger partial charge in [-0.2, -0.15) is 0 Å². The molecule has 0 saturated heterocycles. The van der Waals surface area contributed by atoms with Crippen LogP contribution in [0, 0.1) is 6.92 Å². The Hall–Kier alpha value is -2.29. The van der Waals surface area contributed by atoms with Crippen LogP contribution in [-0.4, -0.2) is 12.6 Å². The lowest BCUT2D eigenvalue weighted by atomic mass is 10.1. The van der Waals surface area contributed by atoms with Gasteiger partial charge in [-0.15, -0.1) is 0 Å². The molecule has 0 radical (unpaired) electrons. The molecule has 2 rings (SSSR count). The highest BCUT2D eigenvalue weighted by molar-refractivity contribution is 5.89. The molecule has 21 heavy (non-hydrogen) atoms. The zero-order valence-corrected chi connectivity index (χ0v) is 12.6.